The summed E-state index contributed by atoms with van der Waals surface area (Å²) in [5.41, 5.74) is 17.8. The number of carboxylic acid groups (broad SMARTS) is 1. The molecule has 218 valence electrons. The Morgan fingerprint density at radius 2 is 1.50 bits per heavy atom. The number of rotatable bonds is 16. The minimum absolute atomic E-state index is 0.0902. The molecule has 0 saturated heterocycles. The summed E-state index contributed by atoms with van der Waals surface area (Å²) in [4.78, 5) is 76.8. The van der Waals surface area contributed by atoms with Gasteiger partial charge in [-0.1, -0.05) is 38.5 Å². The molecule has 0 radical (unpaired) electrons. The molecule has 0 aliphatic rings. The standard InChI is InChI=1S/C26H37N7O7/c1-3-13(2)22(29)25(38)31-17(8-9-20(27)34)23(36)32-18(11-21(28)35)24(37)33-19(26(39)40)10-14-12-30-16-7-5-4-6-15(14)16/h4-7,12-13,17-19,22,30H,3,8-11,29H2,1-2H3,(H2,27,34)(H2,28,35)(H,31,38)(H,32,36)(H,33,37)(H,39,40). The Morgan fingerprint density at radius 1 is 0.900 bits per heavy atom. The van der Waals surface area contributed by atoms with Crippen LogP contribution in [0.2, 0.25) is 0 Å². The first-order valence-corrected chi connectivity index (χ1v) is 12.8. The summed E-state index contributed by atoms with van der Waals surface area (Å²) in [6.45, 7) is 3.59. The fourth-order valence-corrected chi connectivity index (χ4v) is 4.01. The van der Waals surface area contributed by atoms with Crippen LogP contribution in [0.4, 0.5) is 0 Å². The Balaban J connectivity index is 2.21. The van der Waals surface area contributed by atoms with Gasteiger partial charge in [0.2, 0.25) is 29.5 Å². The van der Waals surface area contributed by atoms with E-state index in [-0.39, 0.29) is 25.2 Å². The van der Waals surface area contributed by atoms with Gasteiger partial charge in [-0.2, -0.15) is 0 Å². The van der Waals surface area contributed by atoms with Gasteiger partial charge in [-0.3, -0.25) is 24.0 Å². The summed E-state index contributed by atoms with van der Waals surface area (Å²) >= 11 is 0. The van der Waals surface area contributed by atoms with E-state index in [2.05, 4.69) is 20.9 Å². The lowest BCUT2D eigenvalue weighted by molar-refractivity contribution is -0.142. The largest absolute Gasteiger partial charge is 0.480 e. The summed E-state index contributed by atoms with van der Waals surface area (Å²) in [6, 6.07) is 1.98. The molecular weight excluding hydrogens is 522 g/mol. The third kappa shape index (κ3) is 9.08. The van der Waals surface area contributed by atoms with Gasteiger partial charge in [0.15, 0.2) is 0 Å². The van der Waals surface area contributed by atoms with E-state index in [1.165, 1.54) is 0 Å². The molecule has 2 aromatic rings. The second-order valence-corrected chi connectivity index (χ2v) is 9.67. The van der Waals surface area contributed by atoms with Crippen LogP contribution in [0.15, 0.2) is 30.5 Å². The summed E-state index contributed by atoms with van der Waals surface area (Å²) in [7, 11) is 0. The monoisotopic (exact) mass is 559 g/mol. The van der Waals surface area contributed by atoms with Crippen molar-refractivity contribution in [2.45, 2.75) is 70.1 Å². The number of nitrogens with two attached hydrogens (primary N) is 3. The Hall–Kier alpha value is -4.46. The number of nitrogens with one attached hydrogen (secondary N) is 4. The Kier molecular flexibility index (Phi) is 11.6. The normalized spacial score (nSPS) is 14.8. The maximum Gasteiger partial charge on any atom is 0.326 e. The van der Waals surface area contributed by atoms with Crippen molar-refractivity contribution >= 4 is 46.4 Å². The van der Waals surface area contributed by atoms with Gasteiger partial charge < -0.3 is 43.2 Å². The van der Waals surface area contributed by atoms with Crippen LogP contribution in [-0.2, 0) is 35.2 Å². The number of benzene rings is 1. The number of hydrogen-bond donors (Lipinski definition) is 8. The molecule has 14 heteroatoms. The van der Waals surface area contributed by atoms with E-state index in [0.29, 0.717) is 12.0 Å². The molecule has 5 atom stereocenters. The Bertz CT molecular complexity index is 1240. The molecule has 0 fully saturated rings. The lowest BCUT2D eigenvalue weighted by Crippen LogP contribution is -2.58. The highest BCUT2D eigenvalue weighted by Crippen LogP contribution is 2.19. The molecule has 0 spiro atoms. The molecule has 1 heterocycles. The smallest absolute Gasteiger partial charge is 0.326 e. The van der Waals surface area contributed by atoms with Crippen LogP contribution < -0.4 is 33.2 Å². The SMILES string of the molecule is CCC(C)C(N)C(=O)NC(CCC(N)=O)C(=O)NC(CC(N)=O)C(=O)NC(Cc1c[nH]c2ccccc12)C(=O)O. The van der Waals surface area contributed by atoms with Crippen LogP contribution in [0, 0.1) is 5.92 Å². The van der Waals surface area contributed by atoms with Gasteiger partial charge in [-0.25, -0.2) is 4.79 Å². The number of carboxylic acids is 1. The molecule has 0 aliphatic heterocycles. The zero-order chi connectivity index (χ0) is 30.0. The maximum atomic E-state index is 13.1. The molecule has 1 aromatic carbocycles. The third-order valence-electron chi connectivity index (χ3n) is 6.62. The van der Waals surface area contributed by atoms with Crippen molar-refractivity contribution in [2.24, 2.45) is 23.1 Å². The van der Waals surface area contributed by atoms with Crippen molar-refractivity contribution < 1.29 is 33.9 Å². The molecule has 0 bridgehead atoms. The minimum atomic E-state index is -1.56. The van der Waals surface area contributed by atoms with Crippen molar-refractivity contribution in [2.75, 3.05) is 0 Å². The van der Waals surface area contributed by atoms with E-state index in [1.54, 1.807) is 25.3 Å². The van der Waals surface area contributed by atoms with E-state index in [0.717, 1.165) is 10.9 Å². The second kappa shape index (κ2) is 14.6. The highest BCUT2D eigenvalue weighted by atomic mass is 16.4. The molecule has 14 nitrogen and oxygen atoms in total. The first-order valence-electron chi connectivity index (χ1n) is 12.8. The van der Waals surface area contributed by atoms with E-state index < -0.39 is 66.1 Å². The zero-order valence-electron chi connectivity index (χ0n) is 22.4. The summed E-state index contributed by atoms with van der Waals surface area (Å²) in [6.07, 6.45) is 1.01. The highest BCUT2D eigenvalue weighted by Gasteiger charge is 2.32. The fraction of sp³-hybridized carbons (Fsp3) is 0.462. The maximum absolute atomic E-state index is 13.1. The number of fused-ring (bicyclic) bond motifs is 1. The van der Waals surface area contributed by atoms with Gasteiger partial charge >= 0.3 is 5.97 Å². The number of carbonyl (C=O) groups excluding carboxylic acids is 5. The third-order valence-corrected chi connectivity index (χ3v) is 6.62. The molecule has 40 heavy (non-hydrogen) atoms. The number of aliphatic carboxylic acids is 1. The van der Waals surface area contributed by atoms with Crippen molar-refractivity contribution in [1.29, 1.82) is 0 Å². The van der Waals surface area contributed by atoms with Gasteiger partial charge in [-0.15, -0.1) is 0 Å². The minimum Gasteiger partial charge on any atom is -0.480 e. The number of H-pyrrole nitrogens is 1. The van der Waals surface area contributed by atoms with Gasteiger partial charge in [0.25, 0.3) is 0 Å². The first-order chi connectivity index (χ1) is 18.8. The lowest BCUT2D eigenvalue weighted by atomic mass is 9.98. The Morgan fingerprint density at radius 3 is 2.10 bits per heavy atom. The van der Waals surface area contributed by atoms with Gasteiger partial charge in [0, 0.05) is 29.9 Å². The van der Waals surface area contributed by atoms with Crippen LogP contribution in [-0.4, -0.2) is 69.8 Å². The number of para-hydroxylation sites is 1. The number of hydrogen-bond acceptors (Lipinski definition) is 7. The molecule has 0 saturated carbocycles. The van der Waals surface area contributed by atoms with Crippen molar-refractivity contribution in [3.8, 4) is 0 Å². The average Bonchev–Trinajstić information content (AvgIpc) is 3.31. The predicted octanol–water partition coefficient (Wildman–Crippen LogP) is -1.24. The van der Waals surface area contributed by atoms with E-state index in [1.807, 2.05) is 19.1 Å². The van der Waals surface area contributed by atoms with Gasteiger partial charge in [0.05, 0.1) is 12.5 Å². The lowest BCUT2D eigenvalue weighted by Gasteiger charge is -2.25. The van der Waals surface area contributed by atoms with Crippen molar-refractivity contribution in [3.05, 3.63) is 36.0 Å². The van der Waals surface area contributed by atoms with Crippen LogP contribution in [0.3, 0.4) is 0 Å². The molecule has 5 amide bonds. The first kappa shape index (κ1) is 31.8. The van der Waals surface area contributed by atoms with Gasteiger partial charge in [-0.05, 0) is 24.0 Å². The van der Waals surface area contributed by atoms with Crippen LogP contribution >= 0.6 is 0 Å². The fourth-order valence-electron chi connectivity index (χ4n) is 4.01. The topological polar surface area (TPSA) is 253 Å². The zero-order valence-corrected chi connectivity index (χ0v) is 22.4. The quantitative estimate of drug-likeness (QED) is 0.123. The number of aromatic nitrogens is 1. The summed E-state index contributed by atoms with van der Waals surface area (Å²) in [5.74, 6) is -5.76. The van der Waals surface area contributed by atoms with Crippen LogP contribution in [0.5, 0.6) is 0 Å². The molecule has 0 aliphatic carbocycles. The van der Waals surface area contributed by atoms with Crippen LogP contribution in [0.1, 0.15) is 45.1 Å². The summed E-state index contributed by atoms with van der Waals surface area (Å²) in [5, 5.41) is 17.7. The molecule has 5 unspecified atom stereocenters. The summed E-state index contributed by atoms with van der Waals surface area (Å²) < 4.78 is 0. The van der Waals surface area contributed by atoms with Crippen molar-refractivity contribution in [3.63, 3.8) is 0 Å². The number of amides is 5. The molecule has 1 aromatic heterocycles. The number of primary amides is 2. The van der Waals surface area contributed by atoms with E-state index >= 15 is 0 Å². The Labute approximate surface area is 230 Å². The van der Waals surface area contributed by atoms with Crippen molar-refractivity contribution in [1.82, 2.24) is 20.9 Å². The molecule has 2 rings (SSSR count). The number of aromatic amines is 1. The van der Waals surface area contributed by atoms with Gasteiger partial charge in [0.1, 0.15) is 18.1 Å². The van der Waals surface area contributed by atoms with Crippen LogP contribution in [0.25, 0.3) is 10.9 Å². The number of carbonyl (C=O) groups is 6. The molecule has 11 N–H and O–H groups in total. The van der Waals surface area contributed by atoms with E-state index in [9.17, 15) is 33.9 Å². The van der Waals surface area contributed by atoms with E-state index in [4.69, 9.17) is 17.2 Å². The predicted molar refractivity (Wildman–Crippen MR) is 145 cm³/mol. The molecular formula is C26H37N7O7. The highest BCUT2D eigenvalue weighted by molar-refractivity contribution is 5.96. The average molecular weight is 560 g/mol. The second-order valence-electron chi connectivity index (χ2n) is 9.67.